The molecule has 0 aromatic heterocycles. The maximum absolute atomic E-state index is 5.62. The van der Waals surface area contributed by atoms with E-state index in [1.807, 2.05) is 42.5 Å². The number of benzene rings is 2. The Morgan fingerprint density at radius 2 is 1.83 bits per heavy atom. The van der Waals surface area contributed by atoms with Gasteiger partial charge in [-0.3, -0.25) is 0 Å². The Kier molecular flexibility index (Phi) is 5.09. The van der Waals surface area contributed by atoms with Crippen molar-refractivity contribution in [1.82, 2.24) is 0 Å². The van der Waals surface area contributed by atoms with Crippen molar-refractivity contribution in [2.75, 3.05) is 18.5 Å². The van der Waals surface area contributed by atoms with Crippen LogP contribution >= 0.6 is 15.9 Å². The molecule has 0 spiro atoms. The van der Waals surface area contributed by atoms with Crippen LogP contribution in [0.1, 0.15) is 6.42 Å². The van der Waals surface area contributed by atoms with Crippen LogP contribution < -0.4 is 10.1 Å². The third kappa shape index (κ3) is 4.41. The highest BCUT2D eigenvalue weighted by atomic mass is 79.9. The van der Waals surface area contributed by atoms with Gasteiger partial charge in [-0.2, -0.15) is 0 Å². The van der Waals surface area contributed by atoms with Crippen LogP contribution in [-0.4, -0.2) is 13.2 Å². The SMILES string of the molecule is Brc1cccc(NCCCOc2ccccc2)c1. The number of hydrogen-bond donors (Lipinski definition) is 1. The molecule has 18 heavy (non-hydrogen) atoms. The predicted molar refractivity (Wildman–Crippen MR) is 79.2 cm³/mol. The maximum Gasteiger partial charge on any atom is 0.119 e. The van der Waals surface area contributed by atoms with E-state index in [1.165, 1.54) is 0 Å². The molecule has 0 saturated carbocycles. The lowest BCUT2D eigenvalue weighted by Crippen LogP contribution is -2.07. The molecule has 2 rings (SSSR count). The van der Waals surface area contributed by atoms with Crippen LogP contribution in [0.15, 0.2) is 59.1 Å². The Balaban J connectivity index is 1.65. The standard InChI is InChI=1S/C15H16BrNO/c16-13-6-4-7-14(12-13)17-10-5-11-18-15-8-2-1-3-9-15/h1-4,6-9,12,17H,5,10-11H2. The number of nitrogens with one attached hydrogen (secondary N) is 1. The zero-order valence-corrected chi connectivity index (χ0v) is 11.7. The molecule has 0 atom stereocenters. The van der Waals surface area contributed by atoms with Gasteiger partial charge < -0.3 is 10.1 Å². The summed E-state index contributed by atoms with van der Waals surface area (Å²) in [6.45, 7) is 1.63. The Hall–Kier alpha value is -1.48. The summed E-state index contributed by atoms with van der Waals surface area (Å²) in [5.41, 5.74) is 1.13. The molecule has 1 N–H and O–H groups in total. The van der Waals surface area contributed by atoms with Crippen LogP contribution in [0.4, 0.5) is 5.69 Å². The lowest BCUT2D eigenvalue weighted by molar-refractivity contribution is 0.315. The van der Waals surface area contributed by atoms with E-state index in [0.29, 0.717) is 0 Å². The van der Waals surface area contributed by atoms with Crippen LogP contribution in [0.25, 0.3) is 0 Å². The second kappa shape index (κ2) is 7.07. The fourth-order valence-corrected chi connectivity index (χ4v) is 2.01. The fraction of sp³-hybridized carbons (Fsp3) is 0.200. The quantitative estimate of drug-likeness (QED) is 0.802. The third-order valence-electron chi connectivity index (χ3n) is 2.49. The van der Waals surface area contributed by atoms with Crippen molar-refractivity contribution in [2.45, 2.75) is 6.42 Å². The number of anilines is 1. The summed E-state index contributed by atoms with van der Waals surface area (Å²) in [5, 5.41) is 3.36. The summed E-state index contributed by atoms with van der Waals surface area (Å²) < 4.78 is 6.71. The minimum atomic E-state index is 0.727. The summed E-state index contributed by atoms with van der Waals surface area (Å²) in [6.07, 6.45) is 0.974. The number of rotatable bonds is 6. The second-order valence-corrected chi connectivity index (χ2v) is 4.87. The first-order valence-electron chi connectivity index (χ1n) is 6.02. The van der Waals surface area contributed by atoms with E-state index in [2.05, 4.69) is 33.4 Å². The monoisotopic (exact) mass is 305 g/mol. The van der Waals surface area contributed by atoms with Gasteiger partial charge in [0.15, 0.2) is 0 Å². The van der Waals surface area contributed by atoms with E-state index in [1.54, 1.807) is 0 Å². The topological polar surface area (TPSA) is 21.3 Å². The molecule has 0 aliphatic rings. The van der Waals surface area contributed by atoms with E-state index >= 15 is 0 Å². The molecule has 2 aromatic rings. The van der Waals surface area contributed by atoms with Gasteiger partial charge in [-0.25, -0.2) is 0 Å². The molecule has 0 amide bonds. The lowest BCUT2D eigenvalue weighted by Gasteiger charge is -2.08. The number of hydrogen-bond acceptors (Lipinski definition) is 2. The summed E-state index contributed by atoms with van der Waals surface area (Å²) in [4.78, 5) is 0. The van der Waals surface area contributed by atoms with Gasteiger partial charge in [-0.05, 0) is 36.8 Å². The average molecular weight is 306 g/mol. The molecule has 2 nitrogen and oxygen atoms in total. The molecule has 0 unspecified atom stereocenters. The average Bonchev–Trinajstić information content (AvgIpc) is 2.40. The molecule has 0 aliphatic heterocycles. The zero-order chi connectivity index (χ0) is 12.6. The van der Waals surface area contributed by atoms with Crippen molar-refractivity contribution < 1.29 is 4.74 Å². The fourth-order valence-electron chi connectivity index (χ4n) is 1.61. The molecule has 0 radical (unpaired) electrons. The first-order chi connectivity index (χ1) is 8.84. The van der Waals surface area contributed by atoms with Crippen molar-refractivity contribution in [3.63, 3.8) is 0 Å². The van der Waals surface area contributed by atoms with Crippen LogP contribution in [0.2, 0.25) is 0 Å². The number of halogens is 1. The van der Waals surface area contributed by atoms with Crippen LogP contribution in [0.3, 0.4) is 0 Å². The highest BCUT2D eigenvalue weighted by Crippen LogP contribution is 2.15. The molecule has 0 aliphatic carbocycles. The lowest BCUT2D eigenvalue weighted by atomic mass is 10.3. The second-order valence-electron chi connectivity index (χ2n) is 3.95. The van der Waals surface area contributed by atoms with E-state index in [-0.39, 0.29) is 0 Å². The van der Waals surface area contributed by atoms with Crippen molar-refractivity contribution in [2.24, 2.45) is 0 Å². The summed E-state index contributed by atoms with van der Waals surface area (Å²) >= 11 is 3.45. The minimum Gasteiger partial charge on any atom is -0.494 e. The van der Waals surface area contributed by atoms with E-state index in [4.69, 9.17) is 4.74 Å². The van der Waals surface area contributed by atoms with Gasteiger partial charge in [0.2, 0.25) is 0 Å². The Labute approximate surface area is 116 Å². The van der Waals surface area contributed by atoms with E-state index in [9.17, 15) is 0 Å². The van der Waals surface area contributed by atoms with Crippen molar-refractivity contribution in [3.8, 4) is 5.75 Å². The van der Waals surface area contributed by atoms with Crippen LogP contribution in [0.5, 0.6) is 5.75 Å². The molecule has 0 heterocycles. The van der Waals surface area contributed by atoms with Gasteiger partial charge in [-0.1, -0.05) is 40.2 Å². The summed E-state index contributed by atoms with van der Waals surface area (Å²) in [7, 11) is 0. The van der Waals surface area contributed by atoms with Gasteiger partial charge in [0.25, 0.3) is 0 Å². The van der Waals surface area contributed by atoms with E-state index < -0.39 is 0 Å². The largest absolute Gasteiger partial charge is 0.494 e. The normalized spacial score (nSPS) is 10.1. The minimum absolute atomic E-state index is 0.727. The molecule has 3 heteroatoms. The first-order valence-corrected chi connectivity index (χ1v) is 6.81. The molecule has 0 saturated heterocycles. The molecule has 94 valence electrons. The maximum atomic E-state index is 5.62. The van der Waals surface area contributed by atoms with E-state index in [0.717, 1.165) is 35.5 Å². The van der Waals surface area contributed by atoms with Gasteiger partial charge >= 0.3 is 0 Å². The summed E-state index contributed by atoms with van der Waals surface area (Å²) in [6, 6.07) is 18.1. The van der Waals surface area contributed by atoms with Crippen molar-refractivity contribution in [1.29, 1.82) is 0 Å². The highest BCUT2D eigenvalue weighted by Gasteiger charge is 1.94. The number of para-hydroxylation sites is 1. The Morgan fingerprint density at radius 3 is 2.61 bits per heavy atom. The third-order valence-corrected chi connectivity index (χ3v) is 2.98. The summed E-state index contributed by atoms with van der Waals surface area (Å²) in [5.74, 6) is 0.931. The van der Waals surface area contributed by atoms with Gasteiger partial charge in [-0.15, -0.1) is 0 Å². The van der Waals surface area contributed by atoms with Crippen LogP contribution in [0, 0.1) is 0 Å². The first kappa shape index (κ1) is 13.0. The highest BCUT2D eigenvalue weighted by molar-refractivity contribution is 9.10. The van der Waals surface area contributed by atoms with Gasteiger partial charge in [0.1, 0.15) is 5.75 Å². The molecule has 0 bridgehead atoms. The molecule has 2 aromatic carbocycles. The van der Waals surface area contributed by atoms with Crippen LogP contribution in [-0.2, 0) is 0 Å². The van der Waals surface area contributed by atoms with Gasteiger partial charge in [0, 0.05) is 16.7 Å². The molecule has 0 fully saturated rings. The number of ether oxygens (including phenoxy) is 1. The Morgan fingerprint density at radius 1 is 1.00 bits per heavy atom. The van der Waals surface area contributed by atoms with Gasteiger partial charge in [0.05, 0.1) is 6.61 Å². The molecular formula is C15H16BrNO. The van der Waals surface area contributed by atoms with Crippen molar-refractivity contribution >= 4 is 21.6 Å². The zero-order valence-electron chi connectivity index (χ0n) is 10.1. The smallest absolute Gasteiger partial charge is 0.119 e. The molecular weight excluding hydrogens is 290 g/mol. The predicted octanol–water partition coefficient (Wildman–Crippen LogP) is 4.33. The Bertz CT molecular complexity index is 473. The van der Waals surface area contributed by atoms with Crippen molar-refractivity contribution in [3.05, 3.63) is 59.1 Å².